The highest BCUT2D eigenvalue weighted by Crippen LogP contribution is 2.16. The minimum atomic E-state index is -0.311. The number of rotatable bonds is 4. The minimum Gasteiger partial charge on any atom is -0.462 e. The van der Waals surface area contributed by atoms with E-state index in [2.05, 4.69) is 15.3 Å². The molecule has 2 rings (SSSR count). The molecule has 2 aromatic rings. The lowest BCUT2D eigenvalue weighted by Crippen LogP contribution is -2.04. The molecule has 5 nitrogen and oxygen atoms in total. The van der Waals surface area contributed by atoms with Crippen molar-refractivity contribution in [3.8, 4) is 0 Å². The number of hydrogen-bond donors (Lipinski definition) is 2. The zero-order chi connectivity index (χ0) is 12.3. The highest BCUT2D eigenvalue weighted by molar-refractivity contribution is 5.93. The molecule has 90 valence electrons. The van der Waals surface area contributed by atoms with Gasteiger partial charge in [0.1, 0.15) is 0 Å². The highest BCUT2D eigenvalue weighted by Gasteiger charge is 2.09. The molecule has 1 heterocycles. The van der Waals surface area contributed by atoms with Crippen molar-refractivity contribution in [2.75, 3.05) is 18.5 Å². The number of nitrogens with zero attached hydrogens (tertiary/aromatic N) is 1. The molecule has 0 saturated carbocycles. The van der Waals surface area contributed by atoms with Gasteiger partial charge in [0, 0.05) is 6.54 Å². The van der Waals surface area contributed by atoms with E-state index in [9.17, 15) is 4.79 Å². The number of benzene rings is 1. The third kappa shape index (κ3) is 2.38. The molecule has 0 bridgehead atoms. The Morgan fingerprint density at radius 2 is 2.29 bits per heavy atom. The van der Waals surface area contributed by atoms with Gasteiger partial charge < -0.3 is 15.0 Å². The second kappa shape index (κ2) is 4.86. The second-order valence-corrected chi connectivity index (χ2v) is 3.57. The molecule has 0 spiro atoms. The van der Waals surface area contributed by atoms with Gasteiger partial charge in [-0.05, 0) is 32.0 Å². The lowest BCUT2D eigenvalue weighted by molar-refractivity contribution is 0.0526. The first kappa shape index (κ1) is 11.4. The Hall–Kier alpha value is -2.04. The van der Waals surface area contributed by atoms with Crippen molar-refractivity contribution in [2.24, 2.45) is 0 Å². The smallest absolute Gasteiger partial charge is 0.338 e. The van der Waals surface area contributed by atoms with E-state index >= 15 is 0 Å². The third-order valence-electron chi connectivity index (χ3n) is 2.34. The first-order valence-electron chi connectivity index (χ1n) is 5.65. The van der Waals surface area contributed by atoms with Gasteiger partial charge in [0.05, 0.1) is 23.2 Å². The Bertz CT molecular complexity index is 534. The molecule has 0 amide bonds. The summed E-state index contributed by atoms with van der Waals surface area (Å²) < 4.78 is 4.94. The highest BCUT2D eigenvalue weighted by atomic mass is 16.5. The van der Waals surface area contributed by atoms with Crippen LogP contribution in [0.15, 0.2) is 18.2 Å². The first-order chi connectivity index (χ1) is 8.24. The van der Waals surface area contributed by atoms with Crippen LogP contribution < -0.4 is 5.32 Å². The van der Waals surface area contributed by atoms with Crippen LogP contribution in [0, 0.1) is 0 Å². The van der Waals surface area contributed by atoms with E-state index in [1.165, 1.54) is 0 Å². The molecule has 2 N–H and O–H groups in total. The van der Waals surface area contributed by atoms with E-state index in [0.29, 0.717) is 18.1 Å². The molecule has 0 radical (unpaired) electrons. The number of imidazole rings is 1. The van der Waals surface area contributed by atoms with E-state index in [0.717, 1.165) is 17.6 Å². The van der Waals surface area contributed by atoms with Crippen LogP contribution in [0.5, 0.6) is 0 Å². The van der Waals surface area contributed by atoms with Gasteiger partial charge in [0.25, 0.3) is 0 Å². The molecule has 0 unspecified atom stereocenters. The van der Waals surface area contributed by atoms with Crippen molar-refractivity contribution in [2.45, 2.75) is 13.8 Å². The number of hydrogen-bond acceptors (Lipinski definition) is 4. The fourth-order valence-electron chi connectivity index (χ4n) is 1.60. The molecule has 5 heteroatoms. The lowest BCUT2D eigenvalue weighted by atomic mass is 10.2. The molecule has 0 aliphatic rings. The molecule has 0 aliphatic carbocycles. The Kier molecular flexibility index (Phi) is 3.27. The molecular weight excluding hydrogens is 218 g/mol. The zero-order valence-corrected chi connectivity index (χ0v) is 9.91. The summed E-state index contributed by atoms with van der Waals surface area (Å²) in [5.74, 6) is 0.400. The van der Waals surface area contributed by atoms with Crippen LogP contribution in [-0.4, -0.2) is 29.1 Å². The maximum absolute atomic E-state index is 11.5. The summed E-state index contributed by atoms with van der Waals surface area (Å²) in [5.41, 5.74) is 2.19. The standard InChI is InChI=1S/C12H15N3O2/c1-3-13-12-14-9-6-5-8(7-10(9)15-12)11(16)17-4-2/h5-7H,3-4H2,1-2H3,(H2,13,14,15). The van der Waals surface area contributed by atoms with E-state index in [-0.39, 0.29) is 5.97 Å². The summed E-state index contributed by atoms with van der Waals surface area (Å²) in [6.45, 7) is 4.96. The number of H-pyrrole nitrogens is 1. The summed E-state index contributed by atoms with van der Waals surface area (Å²) in [4.78, 5) is 19.0. The SMILES string of the molecule is CCNc1nc2ccc(C(=O)OCC)cc2[nH]1. The van der Waals surface area contributed by atoms with Gasteiger partial charge in [0.15, 0.2) is 0 Å². The van der Waals surface area contributed by atoms with Crippen LogP contribution in [-0.2, 0) is 4.74 Å². The van der Waals surface area contributed by atoms with Crippen molar-refractivity contribution >= 4 is 23.0 Å². The van der Waals surface area contributed by atoms with Crippen LogP contribution in [0.25, 0.3) is 11.0 Å². The van der Waals surface area contributed by atoms with Gasteiger partial charge in [-0.25, -0.2) is 9.78 Å². The van der Waals surface area contributed by atoms with Crippen molar-refractivity contribution in [3.63, 3.8) is 0 Å². The number of esters is 1. The van der Waals surface area contributed by atoms with E-state index in [1.54, 1.807) is 25.1 Å². The summed E-state index contributed by atoms with van der Waals surface area (Å²) in [6.07, 6.45) is 0. The van der Waals surface area contributed by atoms with Gasteiger partial charge in [-0.2, -0.15) is 0 Å². The van der Waals surface area contributed by atoms with E-state index in [4.69, 9.17) is 4.74 Å². The van der Waals surface area contributed by atoms with E-state index in [1.807, 2.05) is 6.92 Å². The van der Waals surface area contributed by atoms with Crippen LogP contribution in [0.3, 0.4) is 0 Å². The van der Waals surface area contributed by atoms with Gasteiger partial charge >= 0.3 is 5.97 Å². The number of carbonyl (C=O) groups is 1. The molecule has 1 aromatic carbocycles. The quantitative estimate of drug-likeness (QED) is 0.794. The number of aromatic nitrogens is 2. The molecule has 0 atom stereocenters. The predicted octanol–water partition coefficient (Wildman–Crippen LogP) is 2.17. The lowest BCUT2D eigenvalue weighted by Gasteiger charge is -2.00. The van der Waals surface area contributed by atoms with Crippen LogP contribution in [0.2, 0.25) is 0 Å². The average molecular weight is 233 g/mol. The number of ether oxygens (including phenoxy) is 1. The van der Waals surface area contributed by atoms with Crippen LogP contribution in [0.1, 0.15) is 24.2 Å². The Morgan fingerprint density at radius 3 is 3.00 bits per heavy atom. The number of aromatic amines is 1. The number of fused-ring (bicyclic) bond motifs is 1. The Labute approximate surface area is 99.2 Å². The second-order valence-electron chi connectivity index (χ2n) is 3.57. The summed E-state index contributed by atoms with van der Waals surface area (Å²) in [7, 11) is 0. The van der Waals surface area contributed by atoms with Gasteiger partial charge in [0.2, 0.25) is 5.95 Å². The fourth-order valence-corrected chi connectivity index (χ4v) is 1.60. The molecule has 0 aliphatic heterocycles. The van der Waals surface area contributed by atoms with Crippen molar-refractivity contribution in [1.29, 1.82) is 0 Å². The van der Waals surface area contributed by atoms with Crippen LogP contribution >= 0.6 is 0 Å². The molecule has 1 aromatic heterocycles. The van der Waals surface area contributed by atoms with Gasteiger partial charge in [-0.1, -0.05) is 0 Å². The van der Waals surface area contributed by atoms with Crippen LogP contribution in [0.4, 0.5) is 5.95 Å². The van der Waals surface area contributed by atoms with Crippen molar-refractivity contribution < 1.29 is 9.53 Å². The average Bonchev–Trinajstić information content (AvgIpc) is 2.71. The molecule has 0 fully saturated rings. The normalized spacial score (nSPS) is 10.5. The van der Waals surface area contributed by atoms with E-state index < -0.39 is 0 Å². The Balaban J connectivity index is 2.33. The fraction of sp³-hybridized carbons (Fsp3) is 0.333. The van der Waals surface area contributed by atoms with Crippen molar-refractivity contribution in [3.05, 3.63) is 23.8 Å². The third-order valence-corrected chi connectivity index (χ3v) is 2.34. The molecule has 17 heavy (non-hydrogen) atoms. The maximum Gasteiger partial charge on any atom is 0.338 e. The predicted molar refractivity (Wildman–Crippen MR) is 66.2 cm³/mol. The number of carbonyl (C=O) groups excluding carboxylic acids is 1. The summed E-state index contributed by atoms with van der Waals surface area (Å²) in [5, 5.41) is 3.09. The summed E-state index contributed by atoms with van der Waals surface area (Å²) in [6, 6.07) is 5.27. The van der Waals surface area contributed by atoms with Crippen molar-refractivity contribution in [1.82, 2.24) is 9.97 Å². The largest absolute Gasteiger partial charge is 0.462 e. The number of anilines is 1. The van der Waals surface area contributed by atoms with Gasteiger partial charge in [-0.3, -0.25) is 0 Å². The molecular formula is C12H15N3O2. The topological polar surface area (TPSA) is 67.0 Å². The minimum absolute atomic E-state index is 0.311. The zero-order valence-electron chi connectivity index (χ0n) is 9.91. The Morgan fingerprint density at radius 1 is 1.47 bits per heavy atom. The molecule has 0 saturated heterocycles. The number of nitrogens with one attached hydrogen (secondary N) is 2. The summed E-state index contributed by atoms with van der Waals surface area (Å²) >= 11 is 0. The maximum atomic E-state index is 11.5. The monoisotopic (exact) mass is 233 g/mol. The van der Waals surface area contributed by atoms with Gasteiger partial charge in [-0.15, -0.1) is 0 Å². The first-order valence-corrected chi connectivity index (χ1v) is 5.65.